The van der Waals surface area contributed by atoms with E-state index in [2.05, 4.69) is 55.2 Å². The van der Waals surface area contributed by atoms with Gasteiger partial charge in [-0.1, -0.05) is 56.7 Å². The van der Waals surface area contributed by atoms with Crippen molar-refractivity contribution in [1.29, 1.82) is 0 Å². The van der Waals surface area contributed by atoms with Gasteiger partial charge in [0.1, 0.15) is 0 Å². The van der Waals surface area contributed by atoms with Crippen molar-refractivity contribution in [1.82, 2.24) is 4.98 Å². The Morgan fingerprint density at radius 1 is 1.00 bits per heavy atom. The van der Waals surface area contributed by atoms with Crippen molar-refractivity contribution in [3.63, 3.8) is 0 Å². The molecule has 2 aromatic rings. The number of rotatable bonds is 5. The zero-order valence-electron chi connectivity index (χ0n) is 11.2. The van der Waals surface area contributed by atoms with Crippen LogP contribution in [-0.4, -0.2) is 4.98 Å². The van der Waals surface area contributed by atoms with Gasteiger partial charge in [0, 0.05) is 12.4 Å². The Labute approximate surface area is 110 Å². The molecule has 0 radical (unpaired) electrons. The van der Waals surface area contributed by atoms with Crippen LogP contribution in [0.15, 0.2) is 54.9 Å². The van der Waals surface area contributed by atoms with Crippen LogP contribution in [0.1, 0.15) is 49.7 Å². The first-order valence-electron chi connectivity index (χ1n) is 6.77. The van der Waals surface area contributed by atoms with Crippen molar-refractivity contribution in [2.45, 2.75) is 38.5 Å². The van der Waals surface area contributed by atoms with Crippen LogP contribution in [0.3, 0.4) is 0 Å². The minimum atomic E-state index is 0.515. The minimum absolute atomic E-state index is 0.515. The molecule has 0 aliphatic heterocycles. The number of hydrogen-bond donors (Lipinski definition) is 0. The molecule has 0 saturated heterocycles. The summed E-state index contributed by atoms with van der Waals surface area (Å²) < 4.78 is 0. The van der Waals surface area contributed by atoms with E-state index in [9.17, 15) is 0 Å². The van der Waals surface area contributed by atoms with Crippen LogP contribution in [0, 0.1) is 0 Å². The van der Waals surface area contributed by atoms with E-state index in [-0.39, 0.29) is 0 Å². The molecule has 18 heavy (non-hydrogen) atoms. The normalized spacial score (nSPS) is 14.1. The molecule has 1 heteroatoms. The Hall–Kier alpha value is -1.63. The number of nitrogens with zero attached hydrogens (tertiary/aromatic N) is 1. The summed E-state index contributed by atoms with van der Waals surface area (Å²) in [5.74, 6) is 1.10. The van der Waals surface area contributed by atoms with E-state index in [1.165, 1.54) is 24.0 Å². The molecular formula is C17H21N. The molecule has 1 aromatic carbocycles. The van der Waals surface area contributed by atoms with Gasteiger partial charge in [-0.05, 0) is 35.4 Å². The molecule has 1 heterocycles. The molecule has 0 amide bonds. The highest BCUT2D eigenvalue weighted by Gasteiger charge is 2.19. The van der Waals surface area contributed by atoms with Crippen molar-refractivity contribution < 1.29 is 0 Å². The molecule has 1 aromatic heterocycles. The standard InChI is InChI=1S/C17H21N/c1-3-8-17(15-9-5-4-6-10-15)14(2)16-11-7-12-18-13-16/h4-7,9-14,17H,3,8H2,1-2H3. The maximum Gasteiger partial charge on any atom is 0.0302 e. The van der Waals surface area contributed by atoms with Crippen molar-refractivity contribution in [2.75, 3.05) is 0 Å². The summed E-state index contributed by atoms with van der Waals surface area (Å²) in [4.78, 5) is 4.24. The molecule has 0 bridgehead atoms. The lowest BCUT2D eigenvalue weighted by Crippen LogP contribution is -2.08. The predicted molar refractivity (Wildman–Crippen MR) is 76.7 cm³/mol. The fraction of sp³-hybridized carbons (Fsp3) is 0.353. The first kappa shape index (κ1) is 12.8. The van der Waals surface area contributed by atoms with Gasteiger partial charge in [0.25, 0.3) is 0 Å². The van der Waals surface area contributed by atoms with Crippen molar-refractivity contribution in [3.05, 3.63) is 66.0 Å². The summed E-state index contributed by atoms with van der Waals surface area (Å²) >= 11 is 0. The number of aromatic nitrogens is 1. The molecule has 94 valence electrons. The maximum atomic E-state index is 4.24. The quantitative estimate of drug-likeness (QED) is 0.732. The van der Waals surface area contributed by atoms with Gasteiger partial charge < -0.3 is 0 Å². The summed E-state index contributed by atoms with van der Waals surface area (Å²) in [5, 5.41) is 0. The highest BCUT2D eigenvalue weighted by molar-refractivity contribution is 5.26. The van der Waals surface area contributed by atoms with E-state index in [0.717, 1.165) is 0 Å². The Morgan fingerprint density at radius 3 is 2.33 bits per heavy atom. The summed E-state index contributed by atoms with van der Waals surface area (Å²) in [6, 6.07) is 15.0. The van der Waals surface area contributed by atoms with Crippen LogP contribution < -0.4 is 0 Å². The van der Waals surface area contributed by atoms with Crippen LogP contribution >= 0.6 is 0 Å². The van der Waals surface area contributed by atoms with Gasteiger partial charge in [-0.25, -0.2) is 0 Å². The molecule has 0 spiro atoms. The average Bonchev–Trinajstić information content (AvgIpc) is 2.46. The minimum Gasteiger partial charge on any atom is -0.264 e. The van der Waals surface area contributed by atoms with Gasteiger partial charge in [0.2, 0.25) is 0 Å². The third-order valence-electron chi connectivity index (χ3n) is 3.64. The second kappa shape index (κ2) is 6.34. The molecule has 2 rings (SSSR count). The number of benzene rings is 1. The first-order valence-corrected chi connectivity index (χ1v) is 6.77. The van der Waals surface area contributed by atoms with Crippen LogP contribution in [0.2, 0.25) is 0 Å². The van der Waals surface area contributed by atoms with E-state index in [1.54, 1.807) is 0 Å². The smallest absolute Gasteiger partial charge is 0.0302 e. The summed E-state index contributed by atoms with van der Waals surface area (Å²) in [6.07, 6.45) is 6.27. The first-order chi connectivity index (χ1) is 8.83. The molecule has 0 aliphatic carbocycles. The van der Waals surface area contributed by atoms with E-state index in [4.69, 9.17) is 0 Å². The van der Waals surface area contributed by atoms with Crippen LogP contribution in [0.5, 0.6) is 0 Å². The molecular weight excluding hydrogens is 218 g/mol. The Bertz CT molecular complexity index is 450. The van der Waals surface area contributed by atoms with Crippen LogP contribution in [0.4, 0.5) is 0 Å². The van der Waals surface area contributed by atoms with Crippen LogP contribution in [-0.2, 0) is 0 Å². The van der Waals surface area contributed by atoms with Gasteiger partial charge in [0.05, 0.1) is 0 Å². The molecule has 0 aliphatic rings. The Balaban J connectivity index is 2.26. The van der Waals surface area contributed by atoms with Crippen molar-refractivity contribution in [3.8, 4) is 0 Å². The Kier molecular flexibility index (Phi) is 4.52. The molecule has 0 fully saturated rings. The van der Waals surface area contributed by atoms with Crippen LogP contribution in [0.25, 0.3) is 0 Å². The SMILES string of the molecule is CCCC(c1ccccc1)C(C)c1cccnc1. The average molecular weight is 239 g/mol. The largest absolute Gasteiger partial charge is 0.264 e. The zero-order chi connectivity index (χ0) is 12.8. The lowest BCUT2D eigenvalue weighted by Gasteiger charge is -2.24. The van der Waals surface area contributed by atoms with E-state index < -0.39 is 0 Å². The van der Waals surface area contributed by atoms with E-state index in [1.807, 2.05) is 18.5 Å². The topological polar surface area (TPSA) is 12.9 Å². The highest BCUT2D eigenvalue weighted by Crippen LogP contribution is 2.35. The lowest BCUT2D eigenvalue weighted by atomic mass is 9.80. The predicted octanol–water partition coefficient (Wildman–Crippen LogP) is 4.77. The van der Waals surface area contributed by atoms with Gasteiger partial charge in [-0.3, -0.25) is 4.98 Å². The van der Waals surface area contributed by atoms with Gasteiger partial charge in [-0.2, -0.15) is 0 Å². The number of pyridine rings is 1. The molecule has 2 unspecified atom stereocenters. The molecule has 0 N–H and O–H groups in total. The second-order valence-corrected chi connectivity index (χ2v) is 4.88. The van der Waals surface area contributed by atoms with E-state index >= 15 is 0 Å². The van der Waals surface area contributed by atoms with Gasteiger partial charge in [0.15, 0.2) is 0 Å². The molecule has 2 atom stereocenters. The fourth-order valence-corrected chi connectivity index (χ4v) is 2.59. The maximum absolute atomic E-state index is 4.24. The number of hydrogen-bond acceptors (Lipinski definition) is 1. The lowest BCUT2D eigenvalue weighted by molar-refractivity contribution is 0.527. The zero-order valence-corrected chi connectivity index (χ0v) is 11.2. The monoisotopic (exact) mass is 239 g/mol. The molecule has 0 saturated carbocycles. The summed E-state index contributed by atoms with van der Waals surface area (Å²) in [6.45, 7) is 4.57. The highest BCUT2D eigenvalue weighted by atomic mass is 14.6. The fourth-order valence-electron chi connectivity index (χ4n) is 2.59. The van der Waals surface area contributed by atoms with Gasteiger partial charge in [-0.15, -0.1) is 0 Å². The second-order valence-electron chi connectivity index (χ2n) is 4.88. The third-order valence-corrected chi connectivity index (χ3v) is 3.64. The molecule has 1 nitrogen and oxygen atoms in total. The van der Waals surface area contributed by atoms with Gasteiger partial charge >= 0.3 is 0 Å². The summed E-state index contributed by atoms with van der Waals surface area (Å²) in [7, 11) is 0. The summed E-state index contributed by atoms with van der Waals surface area (Å²) in [5.41, 5.74) is 2.77. The third kappa shape index (κ3) is 2.98. The van der Waals surface area contributed by atoms with Crippen molar-refractivity contribution in [2.24, 2.45) is 0 Å². The Morgan fingerprint density at radius 2 is 1.72 bits per heavy atom. The van der Waals surface area contributed by atoms with E-state index in [0.29, 0.717) is 11.8 Å². The van der Waals surface area contributed by atoms with Crippen molar-refractivity contribution >= 4 is 0 Å².